The molecule has 4 bridgehead atoms. The van der Waals surface area contributed by atoms with Crippen LogP contribution in [0, 0.1) is 29.1 Å². The van der Waals surface area contributed by atoms with Gasteiger partial charge < -0.3 is 9.47 Å². The maximum absolute atomic E-state index is 12.8. The zero-order valence-electron chi connectivity index (χ0n) is 12.8. The SMILES string of the molecule is CC1(C(=O)OC2CCCO2)CC2CC1C1C2=C2CCC1C2. The maximum Gasteiger partial charge on any atom is 0.314 e. The molecule has 0 aromatic carbocycles. The lowest BCUT2D eigenvalue weighted by Crippen LogP contribution is -2.42. The van der Waals surface area contributed by atoms with Crippen LogP contribution in [0.5, 0.6) is 0 Å². The Morgan fingerprint density at radius 3 is 3.10 bits per heavy atom. The van der Waals surface area contributed by atoms with E-state index in [0.29, 0.717) is 11.8 Å². The number of fused-ring (bicyclic) bond motifs is 8. The van der Waals surface area contributed by atoms with Crippen LogP contribution in [0.4, 0.5) is 0 Å². The predicted molar refractivity (Wildman–Crippen MR) is 77.2 cm³/mol. The molecule has 6 unspecified atom stereocenters. The number of carbonyl (C=O) groups excluding carboxylic acids is 1. The van der Waals surface area contributed by atoms with Crippen LogP contribution in [-0.2, 0) is 14.3 Å². The second-order valence-electron chi connectivity index (χ2n) is 8.10. The first-order valence-electron chi connectivity index (χ1n) is 8.71. The molecule has 4 fully saturated rings. The average molecular weight is 288 g/mol. The van der Waals surface area contributed by atoms with Gasteiger partial charge in [-0.05, 0) is 69.1 Å². The number of hydrogen-bond donors (Lipinski definition) is 0. The third kappa shape index (κ3) is 1.56. The lowest BCUT2D eigenvalue weighted by Gasteiger charge is -2.40. The maximum atomic E-state index is 12.8. The lowest BCUT2D eigenvalue weighted by molar-refractivity contribution is -0.185. The molecule has 3 saturated carbocycles. The molecule has 114 valence electrons. The van der Waals surface area contributed by atoms with E-state index in [4.69, 9.17) is 9.47 Å². The van der Waals surface area contributed by atoms with Crippen LogP contribution in [0.25, 0.3) is 0 Å². The monoisotopic (exact) mass is 288 g/mol. The van der Waals surface area contributed by atoms with Crippen LogP contribution < -0.4 is 0 Å². The van der Waals surface area contributed by atoms with E-state index in [2.05, 4.69) is 6.92 Å². The molecule has 1 saturated heterocycles. The van der Waals surface area contributed by atoms with Crippen molar-refractivity contribution in [1.82, 2.24) is 0 Å². The summed E-state index contributed by atoms with van der Waals surface area (Å²) in [4.78, 5) is 12.8. The van der Waals surface area contributed by atoms with E-state index in [1.807, 2.05) is 0 Å². The number of hydrogen-bond acceptors (Lipinski definition) is 3. The molecular formula is C18H24O3. The number of ether oxygens (including phenoxy) is 2. The van der Waals surface area contributed by atoms with Crippen LogP contribution in [0.1, 0.15) is 51.9 Å². The van der Waals surface area contributed by atoms with E-state index in [0.717, 1.165) is 37.7 Å². The van der Waals surface area contributed by atoms with Crippen molar-refractivity contribution in [1.29, 1.82) is 0 Å². The van der Waals surface area contributed by atoms with E-state index in [1.165, 1.54) is 25.7 Å². The molecule has 21 heavy (non-hydrogen) atoms. The summed E-state index contributed by atoms with van der Waals surface area (Å²) in [6.07, 6.45) is 7.91. The Balaban J connectivity index is 1.40. The second kappa shape index (κ2) is 4.13. The van der Waals surface area contributed by atoms with Gasteiger partial charge >= 0.3 is 5.97 Å². The standard InChI is InChI=1S/C18H24O3/c1-18(17(19)21-14-3-2-6-20-14)9-12-8-13(18)16-11-5-4-10(7-11)15(12)16/h11-14,16H,2-9H2,1H3. The van der Waals surface area contributed by atoms with Crippen LogP contribution in [0.2, 0.25) is 0 Å². The molecule has 0 radical (unpaired) electrons. The van der Waals surface area contributed by atoms with Gasteiger partial charge in [0, 0.05) is 6.42 Å². The van der Waals surface area contributed by atoms with Gasteiger partial charge in [-0.2, -0.15) is 0 Å². The van der Waals surface area contributed by atoms with Crippen molar-refractivity contribution < 1.29 is 14.3 Å². The van der Waals surface area contributed by atoms with E-state index >= 15 is 0 Å². The van der Waals surface area contributed by atoms with E-state index < -0.39 is 0 Å². The molecule has 1 aliphatic heterocycles. The van der Waals surface area contributed by atoms with E-state index in [9.17, 15) is 4.79 Å². The molecule has 3 heteroatoms. The summed E-state index contributed by atoms with van der Waals surface area (Å²) < 4.78 is 11.2. The molecular weight excluding hydrogens is 264 g/mol. The Kier molecular flexibility index (Phi) is 2.49. The van der Waals surface area contributed by atoms with Crippen molar-refractivity contribution in [3.05, 3.63) is 11.1 Å². The molecule has 5 rings (SSSR count). The minimum atomic E-state index is -0.272. The van der Waals surface area contributed by atoms with E-state index in [1.54, 1.807) is 11.1 Å². The molecule has 4 aliphatic carbocycles. The fourth-order valence-electron chi connectivity index (χ4n) is 6.27. The number of allylic oxidation sites excluding steroid dienone is 2. The third-order valence-electron chi connectivity index (χ3n) is 7.09. The Bertz CT molecular complexity index is 531. The second-order valence-corrected chi connectivity index (χ2v) is 8.10. The summed E-state index contributed by atoms with van der Waals surface area (Å²) in [7, 11) is 0. The predicted octanol–water partition coefficient (Wildman–Crippen LogP) is 3.44. The van der Waals surface area contributed by atoms with Gasteiger partial charge in [-0.1, -0.05) is 11.1 Å². The summed E-state index contributed by atoms with van der Waals surface area (Å²) in [6.45, 7) is 2.91. The molecule has 5 aliphatic rings. The number of carbonyl (C=O) groups is 1. The van der Waals surface area contributed by atoms with Crippen LogP contribution >= 0.6 is 0 Å². The third-order valence-corrected chi connectivity index (χ3v) is 7.09. The molecule has 6 atom stereocenters. The van der Waals surface area contributed by atoms with Gasteiger partial charge in [0.25, 0.3) is 0 Å². The summed E-state index contributed by atoms with van der Waals surface area (Å²) in [6, 6.07) is 0. The van der Waals surface area contributed by atoms with Gasteiger partial charge in [-0.25, -0.2) is 0 Å². The van der Waals surface area contributed by atoms with Crippen LogP contribution in [0.3, 0.4) is 0 Å². The largest absolute Gasteiger partial charge is 0.435 e. The van der Waals surface area contributed by atoms with Gasteiger partial charge in [0.2, 0.25) is 6.29 Å². The average Bonchev–Trinajstić information content (AvgIpc) is 3.24. The Hall–Kier alpha value is -0.830. The smallest absolute Gasteiger partial charge is 0.314 e. The Morgan fingerprint density at radius 1 is 1.38 bits per heavy atom. The normalized spacial score (nSPS) is 50.0. The highest BCUT2D eigenvalue weighted by molar-refractivity contribution is 5.78. The van der Waals surface area contributed by atoms with Crippen molar-refractivity contribution in [2.75, 3.05) is 6.61 Å². The molecule has 0 aromatic heterocycles. The highest BCUT2D eigenvalue weighted by atomic mass is 16.7. The zero-order chi connectivity index (χ0) is 14.2. The fourth-order valence-corrected chi connectivity index (χ4v) is 6.27. The molecule has 0 spiro atoms. The summed E-state index contributed by atoms with van der Waals surface area (Å²) in [5, 5.41) is 0. The summed E-state index contributed by atoms with van der Waals surface area (Å²) in [5.74, 6) is 2.81. The summed E-state index contributed by atoms with van der Waals surface area (Å²) in [5.41, 5.74) is 3.31. The highest BCUT2D eigenvalue weighted by Gasteiger charge is 2.64. The van der Waals surface area contributed by atoms with Crippen molar-refractivity contribution in [2.45, 2.75) is 58.2 Å². The fraction of sp³-hybridized carbons (Fsp3) is 0.833. The Morgan fingerprint density at radius 2 is 2.29 bits per heavy atom. The number of esters is 1. The minimum Gasteiger partial charge on any atom is -0.435 e. The van der Waals surface area contributed by atoms with Gasteiger partial charge in [-0.15, -0.1) is 0 Å². The molecule has 1 heterocycles. The van der Waals surface area contributed by atoms with Gasteiger partial charge in [0.1, 0.15) is 0 Å². The molecule has 3 nitrogen and oxygen atoms in total. The summed E-state index contributed by atoms with van der Waals surface area (Å²) >= 11 is 0. The van der Waals surface area contributed by atoms with Gasteiger partial charge in [0.15, 0.2) is 0 Å². The molecule has 0 N–H and O–H groups in total. The van der Waals surface area contributed by atoms with E-state index in [-0.39, 0.29) is 17.7 Å². The van der Waals surface area contributed by atoms with Gasteiger partial charge in [-0.3, -0.25) is 4.79 Å². The first kappa shape index (κ1) is 12.7. The number of rotatable bonds is 2. The molecule has 0 aromatic rings. The van der Waals surface area contributed by atoms with Crippen molar-refractivity contribution in [3.63, 3.8) is 0 Å². The zero-order valence-corrected chi connectivity index (χ0v) is 12.8. The molecule has 0 amide bonds. The van der Waals surface area contributed by atoms with Crippen molar-refractivity contribution >= 4 is 5.97 Å². The topological polar surface area (TPSA) is 35.5 Å². The Labute approximate surface area is 126 Å². The van der Waals surface area contributed by atoms with Crippen LogP contribution in [-0.4, -0.2) is 18.9 Å². The van der Waals surface area contributed by atoms with Crippen molar-refractivity contribution in [3.8, 4) is 0 Å². The minimum absolute atomic E-state index is 0.0220. The van der Waals surface area contributed by atoms with Crippen molar-refractivity contribution in [2.24, 2.45) is 29.1 Å². The van der Waals surface area contributed by atoms with Crippen LogP contribution in [0.15, 0.2) is 11.1 Å². The first-order valence-corrected chi connectivity index (χ1v) is 8.71. The lowest BCUT2D eigenvalue weighted by atomic mass is 9.64. The first-order chi connectivity index (χ1) is 10.2. The highest BCUT2D eigenvalue weighted by Crippen LogP contribution is 2.69. The quantitative estimate of drug-likeness (QED) is 0.577. The van der Waals surface area contributed by atoms with Gasteiger partial charge in [0.05, 0.1) is 12.0 Å².